The first kappa shape index (κ1) is 30.3. The first-order valence-electron chi connectivity index (χ1n) is 8.66. The zero-order chi connectivity index (χ0) is 22.6. The van der Waals surface area contributed by atoms with E-state index < -0.39 is 43.6 Å². The Morgan fingerprint density at radius 1 is 1.15 bits per heavy atom. The summed E-state index contributed by atoms with van der Waals surface area (Å²) in [5.41, 5.74) is -2.47. The van der Waals surface area contributed by atoms with E-state index in [4.69, 9.17) is 4.74 Å². The van der Waals surface area contributed by atoms with Crippen LogP contribution in [-0.4, -0.2) is 31.5 Å². The molecule has 0 amide bonds. The summed E-state index contributed by atoms with van der Waals surface area (Å²) in [4.78, 5) is 33.0. The number of phosphoric acid groups is 1. The Bertz CT molecular complexity index is 1090. The number of phosphoric ester groups is 1. The normalized spacial score (nSPS) is 14.0. The number of aromatic nitrogens is 5. The summed E-state index contributed by atoms with van der Waals surface area (Å²) < 4.78 is 64.8. The molecule has 0 N–H and O–H groups in total. The van der Waals surface area contributed by atoms with Crippen molar-refractivity contribution in [2.45, 2.75) is 25.0 Å². The van der Waals surface area contributed by atoms with Crippen LogP contribution in [0.5, 0.6) is 0 Å². The van der Waals surface area contributed by atoms with Crippen LogP contribution in [0, 0.1) is 17.5 Å². The number of rotatable bonds is 9. The summed E-state index contributed by atoms with van der Waals surface area (Å²) in [6.45, 7) is -0.0719. The quantitative estimate of drug-likeness (QED) is 0.160. The van der Waals surface area contributed by atoms with Gasteiger partial charge in [0, 0.05) is 17.5 Å². The third-order valence-electron chi connectivity index (χ3n) is 4.58. The summed E-state index contributed by atoms with van der Waals surface area (Å²) in [5, 5.41) is 3.91. The fourth-order valence-corrected chi connectivity index (χ4v) is 3.33. The molecule has 0 saturated carbocycles. The summed E-state index contributed by atoms with van der Waals surface area (Å²) in [7, 11) is -5.46. The zero-order valence-electron chi connectivity index (χ0n) is 17.9. The van der Waals surface area contributed by atoms with Crippen LogP contribution in [-0.2, 0) is 26.0 Å². The molecule has 3 rings (SSSR count). The van der Waals surface area contributed by atoms with Crippen molar-refractivity contribution in [3.8, 4) is 0 Å². The molecule has 0 saturated heterocycles. The molecule has 2 aromatic heterocycles. The summed E-state index contributed by atoms with van der Waals surface area (Å²) in [6.07, 6.45) is 4.34. The van der Waals surface area contributed by atoms with Crippen LogP contribution in [0.2, 0.25) is 0 Å². The van der Waals surface area contributed by atoms with Crippen molar-refractivity contribution in [1.82, 2.24) is 24.7 Å². The Morgan fingerprint density at radius 3 is 2.45 bits per heavy atom. The van der Waals surface area contributed by atoms with E-state index in [9.17, 15) is 27.5 Å². The summed E-state index contributed by atoms with van der Waals surface area (Å²) >= 11 is 0. The molecule has 3 aromatic rings. The van der Waals surface area contributed by atoms with Crippen molar-refractivity contribution in [3.05, 3.63) is 72.1 Å². The third-order valence-corrected chi connectivity index (χ3v) is 5.01. The zero-order valence-corrected chi connectivity index (χ0v) is 22.8. The fraction of sp³-hybridized carbons (Fsp3) is 0.294. The Hall–Kier alpha value is -0.700. The fourth-order valence-electron chi connectivity index (χ4n) is 3.15. The smallest absolute Gasteiger partial charge is 0.790 e. The van der Waals surface area contributed by atoms with Gasteiger partial charge in [0.15, 0.2) is 12.6 Å². The van der Waals surface area contributed by atoms with Gasteiger partial charge in [-0.05, 0) is 6.07 Å². The second kappa shape index (κ2) is 12.8. The summed E-state index contributed by atoms with van der Waals surface area (Å²) in [6, 6.07) is 2.56. The second-order valence-corrected chi connectivity index (χ2v) is 7.58. The van der Waals surface area contributed by atoms with E-state index in [-0.39, 0.29) is 76.9 Å². The average molecular weight is 503 g/mol. The van der Waals surface area contributed by atoms with Crippen LogP contribution in [0.15, 0.2) is 43.4 Å². The molecule has 0 unspecified atom stereocenters. The molecule has 1 aromatic carbocycles. The van der Waals surface area contributed by atoms with E-state index >= 15 is 0 Å². The topological polar surface area (TPSA) is 138 Å². The third kappa shape index (κ3) is 7.64. The standard InChI is InChI=1S/C17H17F3N5O5P.2Na/c1-11(16-15(20)5-21-7-23-16)17(6-25-9-22-8-24-25,29-10-30-31(26,27)28)13-3-2-12(18)4-14(13)19;;/h2-5,7-9,11H,6,10H2,1H3,(H2,26,27,28);;/q;2*+1/p-2/t11-,17+;;/m0../s1. The van der Waals surface area contributed by atoms with Crippen molar-refractivity contribution < 1.29 is 95.9 Å². The van der Waals surface area contributed by atoms with Crippen LogP contribution in [0.1, 0.15) is 24.1 Å². The van der Waals surface area contributed by atoms with Crippen LogP contribution >= 0.6 is 7.82 Å². The molecule has 0 spiro atoms. The van der Waals surface area contributed by atoms with Gasteiger partial charge in [0.25, 0.3) is 0 Å². The molecule has 166 valence electrons. The van der Waals surface area contributed by atoms with Gasteiger partial charge < -0.3 is 23.6 Å². The molecule has 16 heteroatoms. The average Bonchev–Trinajstić information content (AvgIpc) is 3.19. The molecule has 2 heterocycles. The van der Waals surface area contributed by atoms with Crippen LogP contribution < -0.4 is 68.9 Å². The van der Waals surface area contributed by atoms with E-state index in [1.807, 2.05) is 0 Å². The molecule has 0 radical (unpaired) electrons. The van der Waals surface area contributed by atoms with Crippen molar-refractivity contribution in [3.63, 3.8) is 0 Å². The number of hydrogen-bond acceptors (Lipinski definition) is 9. The van der Waals surface area contributed by atoms with Gasteiger partial charge in [0.05, 0.1) is 26.3 Å². The molecule has 10 nitrogen and oxygen atoms in total. The van der Waals surface area contributed by atoms with Gasteiger partial charge in [0.1, 0.15) is 36.2 Å². The maximum absolute atomic E-state index is 14.9. The number of nitrogens with zero attached hydrogens (tertiary/aromatic N) is 5. The minimum atomic E-state index is -5.46. The van der Waals surface area contributed by atoms with E-state index in [0.29, 0.717) is 6.07 Å². The monoisotopic (exact) mass is 503 g/mol. The van der Waals surface area contributed by atoms with Gasteiger partial charge in [-0.15, -0.1) is 0 Å². The second-order valence-electron chi connectivity index (χ2n) is 6.42. The van der Waals surface area contributed by atoms with E-state index in [1.54, 1.807) is 0 Å². The first-order valence-corrected chi connectivity index (χ1v) is 10.1. The minimum Gasteiger partial charge on any atom is -0.790 e. The Balaban J connectivity index is 0.00000272. The van der Waals surface area contributed by atoms with Crippen molar-refractivity contribution >= 4 is 7.82 Å². The number of hydrogen-bond donors (Lipinski definition) is 0. The van der Waals surface area contributed by atoms with Crippen LogP contribution in [0.25, 0.3) is 0 Å². The van der Waals surface area contributed by atoms with E-state index in [0.717, 1.165) is 24.7 Å². The van der Waals surface area contributed by atoms with Gasteiger partial charge in [0.2, 0.25) is 0 Å². The van der Waals surface area contributed by atoms with Crippen molar-refractivity contribution in [2.75, 3.05) is 6.79 Å². The van der Waals surface area contributed by atoms with Gasteiger partial charge in [-0.3, -0.25) is 0 Å². The number of ether oxygens (including phenoxy) is 1. The van der Waals surface area contributed by atoms with Gasteiger partial charge >= 0.3 is 59.1 Å². The molecule has 0 aliphatic carbocycles. The SMILES string of the molecule is C[C@@H](c1ncncc1F)[C@@](Cn1cncn1)(OCOP(=O)([O-])[O-])c1ccc(F)cc1F.[Na+].[Na+]. The minimum absolute atomic E-state index is 0. The van der Waals surface area contributed by atoms with Gasteiger partial charge in [-0.25, -0.2) is 32.8 Å². The van der Waals surface area contributed by atoms with Crippen LogP contribution in [0.3, 0.4) is 0 Å². The molecular weight excluding hydrogens is 488 g/mol. The summed E-state index contributed by atoms with van der Waals surface area (Å²) in [5.74, 6) is -3.96. The molecule has 2 atom stereocenters. The predicted octanol–water partition coefficient (Wildman–Crippen LogP) is -4.99. The Morgan fingerprint density at radius 2 is 1.88 bits per heavy atom. The van der Waals surface area contributed by atoms with Crippen molar-refractivity contribution in [1.29, 1.82) is 0 Å². The molecular formula is C17H15F3N5Na2O5P. The molecule has 0 aliphatic rings. The van der Waals surface area contributed by atoms with Crippen LogP contribution in [0.4, 0.5) is 13.2 Å². The molecule has 33 heavy (non-hydrogen) atoms. The van der Waals surface area contributed by atoms with Gasteiger partial charge in [-0.1, -0.05) is 13.0 Å². The number of halogens is 3. The Labute approximate surface area is 230 Å². The molecule has 0 fully saturated rings. The van der Waals surface area contributed by atoms with Gasteiger partial charge in [-0.2, -0.15) is 5.10 Å². The maximum atomic E-state index is 14.9. The van der Waals surface area contributed by atoms with E-state index in [1.165, 1.54) is 24.3 Å². The number of benzene rings is 1. The first-order chi connectivity index (χ1) is 14.6. The van der Waals surface area contributed by atoms with Crippen molar-refractivity contribution in [2.24, 2.45) is 0 Å². The Kier molecular flexibility index (Phi) is 11.8. The largest absolute Gasteiger partial charge is 1.00 e. The van der Waals surface area contributed by atoms with E-state index in [2.05, 4.69) is 24.6 Å². The maximum Gasteiger partial charge on any atom is 1.00 e. The predicted molar refractivity (Wildman–Crippen MR) is 93.1 cm³/mol. The molecule has 0 aliphatic heterocycles. The molecule has 0 bridgehead atoms.